The zero-order valence-corrected chi connectivity index (χ0v) is 10.4. The lowest BCUT2D eigenvalue weighted by Crippen LogP contribution is -2.27. The second-order valence-electron chi connectivity index (χ2n) is 5.23. The van der Waals surface area contributed by atoms with Gasteiger partial charge in [0.15, 0.2) is 0 Å². The molecule has 3 rings (SSSR count). The van der Waals surface area contributed by atoms with E-state index in [4.69, 9.17) is 9.84 Å². The van der Waals surface area contributed by atoms with Gasteiger partial charge in [0.2, 0.25) is 0 Å². The molecule has 0 bridgehead atoms. The highest BCUT2D eigenvalue weighted by Gasteiger charge is 2.38. The Morgan fingerprint density at radius 1 is 1.44 bits per heavy atom. The largest absolute Gasteiger partial charge is 0.493 e. The lowest BCUT2D eigenvalue weighted by atomic mass is 9.87. The van der Waals surface area contributed by atoms with Crippen LogP contribution < -0.4 is 4.74 Å². The maximum absolute atomic E-state index is 11.1. The quantitative estimate of drug-likeness (QED) is 0.766. The van der Waals surface area contributed by atoms with Crippen LogP contribution in [0.2, 0.25) is 0 Å². The van der Waals surface area contributed by atoms with E-state index in [1.807, 2.05) is 6.92 Å². The Balaban J connectivity index is 1.96. The Hall–Kier alpha value is -1.71. The molecule has 1 N–H and O–H groups in total. The van der Waals surface area contributed by atoms with Crippen molar-refractivity contribution < 1.29 is 14.6 Å². The molecule has 1 amide bonds. The predicted octanol–water partition coefficient (Wildman–Crippen LogP) is 2.47. The molecule has 4 nitrogen and oxygen atoms in total. The summed E-state index contributed by atoms with van der Waals surface area (Å²) < 4.78 is 5.80. The van der Waals surface area contributed by atoms with Crippen LogP contribution in [-0.2, 0) is 0 Å². The Bertz CT molecular complexity index is 486. The molecule has 0 saturated carbocycles. The normalized spacial score (nSPS) is 25.9. The van der Waals surface area contributed by atoms with Gasteiger partial charge in [-0.3, -0.25) is 0 Å². The number of amides is 1. The molecule has 2 heterocycles. The molecule has 0 radical (unpaired) electrons. The van der Waals surface area contributed by atoms with E-state index in [-0.39, 0.29) is 0 Å². The van der Waals surface area contributed by atoms with Gasteiger partial charge in [0.25, 0.3) is 0 Å². The van der Waals surface area contributed by atoms with Crippen molar-refractivity contribution in [2.45, 2.75) is 19.3 Å². The fraction of sp³-hybridized carbons (Fsp3) is 0.500. The van der Waals surface area contributed by atoms with Gasteiger partial charge in [-0.25, -0.2) is 4.79 Å². The smallest absolute Gasteiger partial charge is 0.407 e. The molecule has 1 aromatic carbocycles. The van der Waals surface area contributed by atoms with Gasteiger partial charge >= 0.3 is 6.09 Å². The third kappa shape index (κ3) is 1.82. The minimum atomic E-state index is -0.808. The Kier molecular flexibility index (Phi) is 2.65. The van der Waals surface area contributed by atoms with Crippen molar-refractivity contribution in [3.8, 4) is 5.75 Å². The number of carboxylic acid groups (broad SMARTS) is 1. The molecule has 2 aliphatic heterocycles. The molecule has 18 heavy (non-hydrogen) atoms. The van der Waals surface area contributed by atoms with Gasteiger partial charge in [0.1, 0.15) is 5.75 Å². The first-order valence-electron chi connectivity index (χ1n) is 6.36. The van der Waals surface area contributed by atoms with Gasteiger partial charge in [0.05, 0.1) is 6.61 Å². The molecule has 1 aromatic rings. The summed E-state index contributed by atoms with van der Waals surface area (Å²) in [6, 6.07) is 6.23. The summed E-state index contributed by atoms with van der Waals surface area (Å²) in [5.74, 6) is 1.62. The summed E-state index contributed by atoms with van der Waals surface area (Å²) >= 11 is 0. The van der Waals surface area contributed by atoms with Crippen LogP contribution in [0.3, 0.4) is 0 Å². The van der Waals surface area contributed by atoms with Crippen LogP contribution in [0.15, 0.2) is 18.2 Å². The zero-order chi connectivity index (χ0) is 12.7. The Labute approximate surface area is 106 Å². The van der Waals surface area contributed by atoms with Gasteiger partial charge in [-0.2, -0.15) is 0 Å². The van der Waals surface area contributed by atoms with Gasteiger partial charge in [-0.15, -0.1) is 0 Å². The van der Waals surface area contributed by atoms with Crippen LogP contribution in [0, 0.1) is 12.8 Å². The van der Waals surface area contributed by atoms with Crippen LogP contribution in [0.25, 0.3) is 0 Å². The van der Waals surface area contributed by atoms with Crippen molar-refractivity contribution in [3.63, 3.8) is 0 Å². The maximum atomic E-state index is 11.1. The topological polar surface area (TPSA) is 49.8 Å². The minimum Gasteiger partial charge on any atom is -0.493 e. The number of hydrogen-bond acceptors (Lipinski definition) is 2. The van der Waals surface area contributed by atoms with E-state index in [0.717, 1.165) is 12.2 Å². The third-order valence-electron chi connectivity index (χ3n) is 4.03. The van der Waals surface area contributed by atoms with Crippen molar-refractivity contribution in [1.29, 1.82) is 0 Å². The molecule has 0 aliphatic carbocycles. The standard InChI is InChI=1S/C14H17NO3/c1-9-2-3-11-12-8-15(14(16)17)7-10(12)4-5-18-13(11)6-9/h2-3,6,10,12H,4-5,7-8H2,1H3,(H,16,17)/t10-,12-/m1/s1. The van der Waals surface area contributed by atoms with Crippen molar-refractivity contribution in [1.82, 2.24) is 4.90 Å². The third-order valence-corrected chi connectivity index (χ3v) is 4.03. The average Bonchev–Trinajstić information content (AvgIpc) is 2.67. The summed E-state index contributed by atoms with van der Waals surface area (Å²) in [6.07, 6.45) is 0.125. The summed E-state index contributed by atoms with van der Waals surface area (Å²) in [5.41, 5.74) is 2.35. The van der Waals surface area contributed by atoms with Gasteiger partial charge in [-0.1, -0.05) is 12.1 Å². The molecule has 4 heteroatoms. The number of carbonyl (C=O) groups is 1. The molecular formula is C14H17NO3. The fourth-order valence-corrected chi connectivity index (χ4v) is 3.07. The highest BCUT2D eigenvalue weighted by atomic mass is 16.5. The molecule has 96 valence electrons. The zero-order valence-electron chi connectivity index (χ0n) is 10.4. The molecule has 2 atom stereocenters. The summed E-state index contributed by atoms with van der Waals surface area (Å²) in [7, 11) is 0. The SMILES string of the molecule is Cc1ccc2c(c1)OCC[C@@H]1CN(C(=O)O)C[C@@H]21. The van der Waals surface area contributed by atoms with E-state index in [9.17, 15) is 4.79 Å². The van der Waals surface area contributed by atoms with E-state index < -0.39 is 6.09 Å². The number of ether oxygens (including phenoxy) is 1. The van der Waals surface area contributed by atoms with E-state index >= 15 is 0 Å². The molecule has 1 fully saturated rings. The highest BCUT2D eigenvalue weighted by molar-refractivity contribution is 5.65. The Morgan fingerprint density at radius 2 is 2.28 bits per heavy atom. The second-order valence-corrected chi connectivity index (χ2v) is 5.23. The number of likely N-dealkylation sites (tertiary alicyclic amines) is 1. The number of benzene rings is 1. The predicted molar refractivity (Wildman–Crippen MR) is 67.1 cm³/mol. The summed E-state index contributed by atoms with van der Waals surface area (Å²) in [6.45, 7) is 3.96. The lowest BCUT2D eigenvalue weighted by Gasteiger charge is -2.16. The maximum Gasteiger partial charge on any atom is 0.407 e. The van der Waals surface area contributed by atoms with Crippen LogP contribution >= 0.6 is 0 Å². The Morgan fingerprint density at radius 3 is 3.06 bits per heavy atom. The molecular weight excluding hydrogens is 230 g/mol. The number of nitrogens with zero attached hydrogens (tertiary/aromatic N) is 1. The molecule has 0 spiro atoms. The van der Waals surface area contributed by atoms with Crippen LogP contribution in [0.5, 0.6) is 5.75 Å². The second kappa shape index (κ2) is 4.19. The van der Waals surface area contributed by atoms with E-state index in [0.29, 0.717) is 31.5 Å². The molecule has 2 aliphatic rings. The number of fused-ring (bicyclic) bond motifs is 3. The van der Waals surface area contributed by atoms with Crippen molar-refractivity contribution in [2.75, 3.05) is 19.7 Å². The molecule has 1 saturated heterocycles. The fourth-order valence-electron chi connectivity index (χ4n) is 3.07. The van der Waals surface area contributed by atoms with E-state index in [1.54, 1.807) is 0 Å². The van der Waals surface area contributed by atoms with Crippen molar-refractivity contribution in [2.24, 2.45) is 5.92 Å². The summed E-state index contributed by atoms with van der Waals surface area (Å²) in [5, 5.41) is 9.12. The first-order valence-corrected chi connectivity index (χ1v) is 6.36. The minimum absolute atomic E-state index is 0.291. The first-order chi connectivity index (χ1) is 8.65. The van der Waals surface area contributed by atoms with E-state index in [2.05, 4.69) is 18.2 Å². The first kappa shape index (κ1) is 11.4. The number of aryl methyl sites for hydroxylation is 1. The monoisotopic (exact) mass is 247 g/mol. The molecule has 0 aromatic heterocycles. The van der Waals surface area contributed by atoms with Crippen molar-refractivity contribution in [3.05, 3.63) is 29.3 Å². The van der Waals surface area contributed by atoms with Gasteiger partial charge in [-0.05, 0) is 36.5 Å². The van der Waals surface area contributed by atoms with Gasteiger partial charge in [0, 0.05) is 19.0 Å². The lowest BCUT2D eigenvalue weighted by molar-refractivity contribution is 0.152. The average molecular weight is 247 g/mol. The highest BCUT2D eigenvalue weighted by Crippen LogP contribution is 2.41. The van der Waals surface area contributed by atoms with Crippen LogP contribution in [-0.4, -0.2) is 35.8 Å². The number of hydrogen-bond donors (Lipinski definition) is 1. The van der Waals surface area contributed by atoms with Gasteiger partial charge < -0.3 is 14.7 Å². The number of rotatable bonds is 0. The van der Waals surface area contributed by atoms with Crippen LogP contribution in [0.4, 0.5) is 4.79 Å². The van der Waals surface area contributed by atoms with E-state index in [1.165, 1.54) is 16.0 Å². The molecule has 0 unspecified atom stereocenters. The van der Waals surface area contributed by atoms with Crippen molar-refractivity contribution >= 4 is 6.09 Å². The van der Waals surface area contributed by atoms with Crippen LogP contribution in [0.1, 0.15) is 23.5 Å². The summed E-state index contributed by atoms with van der Waals surface area (Å²) in [4.78, 5) is 12.6.